The summed E-state index contributed by atoms with van der Waals surface area (Å²) in [7, 11) is 1.74. The summed E-state index contributed by atoms with van der Waals surface area (Å²) in [4.78, 5) is 0. The first-order chi connectivity index (χ1) is 7.61. The van der Waals surface area contributed by atoms with Gasteiger partial charge in [-0.2, -0.15) is 0 Å². The summed E-state index contributed by atoms with van der Waals surface area (Å²) in [5.74, 6) is 0. The number of benzene rings is 1. The highest BCUT2D eigenvalue weighted by Crippen LogP contribution is 2.38. The smallest absolute Gasteiger partial charge is 0.0690 e. The highest BCUT2D eigenvalue weighted by Gasteiger charge is 2.39. The number of hydrogen-bond acceptors (Lipinski definition) is 2. The lowest BCUT2D eigenvalue weighted by Gasteiger charge is -2.12. The predicted molar refractivity (Wildman–Crippen MR) is 64.5 cm³/mol. The summed E-state index contributed by atoms with van der Waals surface area (Å²) in [5, 5.41) is 9.88. The molecular formula is C14H20O2. The third-order valence-corrected chi connectivity index (χ3v) is 3.28. The molecule has 2 heteroatoms. The lowest BCUT2D eigenvalue weighted by Crippen LogP contribution is -2.12. The molecule has 1 aromatic rings. The number of methoxy groups -OCH3 is 1. The van der Waals surface area contributed by atoms with Crippen LogP contribution in [-0.2, 0) is 17.6 Å². The van der Waals surface area contributed by atoms with Gasteiger partial charge < -0.3 is 9.84 Å². The van der Waals surface area contributed by atoms with E-state index < -0.39 is 5.60 Å². The van der Waals surface area contributed by atoms with Gasteiger partial charge in [-0.1, -0.05) is 24.3 Å². The third-order valence-electron chi connectivity index (χ3n) is 3.28. The fourth-order valence-electron chi connectivity index (χ4n) is 1.98. The molecule has 0 saturated heterocycles. The first kappa shape index (κ1) is 11.6. The van der Waals surface area contributed by atoms with Crippen LogP contribution in [0.1, 0.15) is 30.9 Å². The first-order valence-electron chi connectivity index (χ1n) is 5.94. The van der Waals surface area contributed by atoms with E-state index in [1.807, 2.05) is 0 Å². The van der Waals surface area contributed by atoms with Gasteiger partial charge in [0.2, 0.25) is 0 Å². The van der Waals surface area contributed by atoms with Crippen molar-refractivity contribution in [1.29, 1.82) is 0 Å². The standard InChI is InChI=1S/C14H20O2/c1-11(16-2)8-12-4-3-5-13(9-12)10-14(15)6-7-14/h3-5,9,11,15H,6-8,10H2,1-2H3. The van der Waals surface area contributed by atoms with Crippen molar-refractivity contribution in [3.05, 3.63) is 35.4 Å². The molecule has 1 atom stereocenters. The largest absolute Gasteiger partial charge is 0.390 e. The van der Waals surface area contributed by atoms with E-state index in [4.69, 9.17) is 4.74 Å². The van der Waals surface area contributed by atoms with Crippen LogP contribution in [0, 0.1) is 0 Å². The summed E-state index contributed by atoms with van der Waals surface area (Å²) in [6.45, 7) is 2.07. The van der Waals surface area contributed by atoms with E-state index in [9.17, 15) is 5.11 Å². The van der Waals surface area contributed by atoms with Gasteiger partial charge in [0.1, 0.15) is 0 Å². The van der Waals surface area contributed by atoms with Crippen molar-refractivity contribution < 1.29 is 9.84 Å². The van der Waals surface area contributed by atoms with Gasteiger partial charge in [-0.25, -0.2) is 0 Å². The normalized spacial score (nSPS) is 19.4. The minimum Gasteiger partial charge on any atom is -0.390 e. The quantitative estimate of drug-likeness (QED) is 0.825. The summed E-state index contributed by atoms with van der Waals surface area (Å²) in [6.07, 6.45) is 3.88. The van der Waals surface area contributed by atoms with Crippen LogP contribution in [0.4, 0.5) is 0 Å². The molecule has 88 valence electrons. The van der Waals surface area contributed by atoms with Crippen LogP contribution in [0.15, 0.2) is 24.3 Å². The minimum atomic E-state index is -0.397. The van der Waals surface area contributed by atoms with Crippen molar-refractivity contribution in [2.75, 3.05) is 7.11 Å². The Hall–Kier alpha value is -0.860. The molecule has 0 bridgehead atoms. The SMILES string of the molecule is COC(C)Cc1cccc(CC2(O)CC2)c1. The monoisotopic (exact) mass is 220 g/mol. The number of aliphatic hydroxyl groups is 1. The molecule has 2 rings (SSSR count). The highest BCUT2D eigenvalue weighted by molar-refractivity contribution is 5.26. The van der Waals surface area contributed by atoms with Gasteiger partial charge in [0, 0.05) is 13.5 Å². The van der Waals surface area contributed by atoms with E-state index in [1.165, 1.54) is 11.1 Å². The fraction of sp³-hybridized carbons (Fsp3) is 0.571. The Bertz CT molecular complexity index is 356. The van der Waals surface area contributed by atoms with Crippen LogP contribution < -0.4 is 0 Å². The summed E-state index contributed by atoms with van der Waals surface area (Å²) in [5.41, 5.74) is 2.13. The number of hydrogen-bond donors (Lipinski definition) is 1. The van der Waals surface area contributed by atoms with E-state index in [0.717, 1.165) is 25.7 Å². The van der Waals surface area contributed by atoms with Crippen molar-refractivity contribution in [2.45, 2.75) is 44.3 Å². The number of ether oxygens (including phenoxy) is 1. The predicted octanol–water partition coefficient (Wildman–Crippen LogP) is 2.33. The van der Waals surface area contributed by atoms with Crippen molar-refractivity contribution in [2.24, 2.45) is 0 Å². The van der Waals surface area contributed by atoms with Gasteiger partial charge in [0.15, 0.2) is 0 Å². The molecule has 1 saturated carbocycles. The summed E-state index contributed by atoms with van der Waals surface area (Å²) in [6, 6.07) is 8.47. The van der Waals surface area contributed by atoms with Gasteiger partial charge >= 0.3 is 0 Å². The average molecular weight is 220 g/mol. The van der Waals surface area contributed by atoms with Crippen LogP contribution in [0.2, 0.25) is 0 Å². The van der Waals surface area contributed by atoms with Gasteiger partial charge in [-0.15, -0.1) is 0 Å². The Balaban J connectivity index is 2.01. The molecule has 0 radical (unpaired) electrons. The van der Waals surface area contributed by atoms with Crippen LogP contribution in [0.5, 0.6) is 0 Å². The van der Waals surface area contributed by atoms with Crippen molar-refractivity contribution in [3.63, 3.8) is 0 Å². The van der Waals surface area contributed by atoms with Crippen molar-refractivity contribution in [1.82, 2.24) is 0 Å². The molecule has 1 fully saturated rings. The maximum absolute atomic E-state index is 9.88. The zero-order valence-corrected chi connectivity index (χ0v) is 10.1. The zero-order valence-electron chi connectivity index (χ0n) is 10.1. The second-order valence-electron chi connectivity index (χ2n) is 4.97. The van der Waals surface area contributed by atoms with E-state index in [-0.39, 0.29) is 6.10 Å². The Morgan fingerprint density at radius 3 is 2.69 bits per heavy atom. The summed E-state index contributed by atoms with van der Waals surface area (Å²) < 4.78 is 5.26. The Kier molecular flexibility index (Phi) is 3.31. The molecule has 1 aromatic carbocycles. The first-order valence-corrected chi connectivity index (χ1v) is 5.94. The third kappa shape index (κ3) is 3.06. The minimum absolute atomic E-state index is 0.249. The highest BCUT2D eigenvalue weighted by atomic mass is 16.5. The van der Waals surface area contributed by atoms with Crippen LogP contribution >= 0.6 is 0 Å². The van der Waals surface area contributed by atoms with Crippen molar-refractivity contribution in [3.8, 4) is 0 Å². The molecule has 0 amide bonds. The molecule has 0 heterocycles. The van der Waals surface area contributed by atoms with E-state index in [1.54, 1.807) is 7.11 Å². The second-order valence-corrected chi connectivity index (χ2v) is 4.97. The topological polar surface area (TPSA) is 29.5 Å². The van der Waals surface area contributed by atoms with Crippen LogP contribution in [-0.4, -0.2) is 23.9 Å². The second kappa shape index (κ2) is 4.56. The molecular weight excluding hydrogens is 200 g/mol. The molecule has 0 aliphatic heterocycles. The maximum Gasteiger partial charge on any atom is 0.0690 e. The molecule has 1 aliphatic rings. The van der Waals surface area contributed by atoms with Gasteiger partial charge in [0.05, 0.1) is 11.7 Å². The van der Waals surface area contributed by atoms with E-state index in [2.05, 4.69) is 31.2 Å². The lowest BCUT2D eigenvalue weighted by molar-refractivity contribution is 0.119. The molecule has 1 N–H and O–H groups in total. The molecule has 1 unspecified atom stereocenters. The van der Waals surface area contributed by atoms with Gasteiger partial charge in [-0.05, 0) is 37.3 Å². The molecule has 1 aliphatic carbocycles. The van der Waals surface area contributed by atoms with Crippen LogP contribution in [0.3, 0.4) is 0 Å². The Morgan fingerprint density at radius 2 is 2.06 bits per heavy atom. The molecule has 0 aromatic heterocycles. The van der Waals surface area contributed by atoms with E-state index in [0.29, 0.717) is 0 Å². The summed E-state index contributed by atoms with van der Waals surface area (Å²) >= 11 is 0. The lowest BCUT2D eigenvalue weighted by atomic mass is 10.0. The Morgan fingerprint density at radius 1 is 1.38 bits per heavy atom. The molecule has 2 nitrogen and oxygen atoms in total. The fourth-order valence-corrected chi connectivity index (χ4v) is 1.98. The van der Waals surface area contributed by atoms with Gasteiger partial charge in [0.25, 0.3) is 0 Å². The van der Waals surface area contributed by atoms with Crippen molar-refractivity contribution >= 4 is 0 Å². The molecule has 16 heavy (non-hydrogen) atoms. The van der Waals surface area contributed by atoms with Gasteiger partial charge in [-0.3, -0.25) is 0 Å². The Labute approximate surface area is 97.3 Å². The number of rotatable bonds is 5. The van der Waals surface area contributed by atoms with Crippen LogP contribution in [0.25, 0.3) is 0 Å². The average Bonchev–Trinajstić information content (AvgIpc) is 2.96. The molecule has 0 spiro atoms. The maximum atomic E-state index is 9.88. The zero-order chi connectivity index (χ0) is 11.6. The van der Waals surface area contributed by atoms with E-state index >= 15 is 0 Å².